The number of para-hydroxylation sites is 1. The van der Waals surface area contributed by atoms with Crippen molar-refractivity contribution in [1.29, 1.82) is 0 Å². The fraction of sp³-hybridized carbons (Fsp3) is 0.102. The molecule has 0 fully saturated rings. The van der Waals surface area contributed by atoms with Crippen LogP contribution in [0.1, 0.15) is 36.0 Å². The van der Waals surface area contributed by atoms with Crippen molar-refractivity contribution in [2.24, 2.45) is 0 Å². The van der Waals surface area contributed by atoms with E-state index in [2.05, 4.69) is 193 Å². The van der Waals surface area contributed by atoms with Gasteiger partial charge in [-0.1, -0.05) is 145 Å². The number of thioether (sulfide) groups is 2. The lowest BCUT2D eigenvalue weighted by molar-refractivity contribution is 0.601. The molecule has 1 nitrogen and oxygen atoms in total. The van der Waals surface area contributed by atoms with E-state index in [4.69, 9.17) is 0 Å². The quantitative estimate of drug-likeness (QED) is 0.192. The summed E-state index contributed by atoms with van der Waals surface area (Å²) < 4.78 is 0. The maximum absolute atomic E-state index is 3.77. The summed E-state index contributed by atoms with van der Waals surface area (Å²) in [5.41, 5.74) is 15.4. The zero-order valence-corrected chi connectivity index (χ0v) is 30.4. The lowest BCUT2D eigenvalue weighted by atomic mass is 9.60. The van der Waals surface area contributed by atoms with Crippen LogP contribution in [0.5, 0.6) is 0 Å². The predicted molar refractivity (Wildman–Crippen MR) is 222 cm³/mol. The average molecular weight is 704 g/mol. The van der Waals surface area contributed by atoms with Gasteiger partial charge in [0.25, 0.3) is 0 Å². The van der Waals surface area contributed by atoms with Crippen molar-refractivity contribution in [2.75, 3.05) is 5.32 Å². The van der Waals surface area contributed by atoms with E-state index in [-0.39, 0.29) is 5.41 Å². The summed E-state index contributed by atoms with van der Waals surface area (Å²) >= 11 is 4.02. The molecule has 0 radical (unpaired) electrons. The molecule has 0 amide bonds. The second-order valence-corrected chi connectivity index (χ2v) is 16.3. The monoisotopic (exact) mass is 703 g/mol. The second-order valence-electron chi connectivity index (χ2n) is 13.9. The van der Waals surface area contributed by atoms with Crippen LogP contribution in [0.3, 0.4) is 0 Å². The Bertz CT molecular complexity index is 2460. The third-order valence-corrected chi connectivity index (χ3v) is 13.5. The van der Waals surface area contributed by atoms with Gasteiger partial charge in [-0.15, -0.1) is 11.8 Å². The highest BCUT2D eigenvalue weighted by atomic mass is 32.2. The van der Waals surface area contributed by atoms with Gasteiger partial charge in [-0.2, -0.15) is 0 Å². The standard InChI is InChI=1S/C49H37NS2/c1-4-14-33(15-5-1)37-25-28-42-48(32-37)52-47-29-26-35(30-43(47)49(42)40-20-10-12-22-45(40)51-46-23-13-11-21-41(46)49)36-24-27-39(34-16-6-2-7-17-34)44(31-36)50-38-18-8-3-9-19-38/h1-22,24,26-27,29-32,46,50H,23,25,28H2. The number of benzene rings is 6. The molecular formula is C49H37NS2. The van der Waals surface area contributed by atoms with Gasteiger partial charge >= 0.3 is 0 Å². The van der Waals surface area contributed by atoms with E-state index in [9.17, 15) is 0 Å². The number of hydrogen-bond acceptors (Lipinski definition) is 3. The molecule has 6 aromatic carbocycles. The Morgan fingerprint density at radius 2 is 1.31 bits per heavy atom. The molecule has 0 bridgehead atoms. The van der Waals surface area contributed by atoms with Crippen molar-refractivity contribution < 1.29 is 0 Å². The number of hydrogen-bond donors (Lipinski definition) is 1. The highest BCUT2D eigenvalue weighted by molar-refractivity contribution is 8.03. The first-order valence-electron chi connectivity index (χ1n) is 18.2. The minimum absolute atomic E-state index is 0.322. The summed E-state index contributed by atoms with van der Waals surface area (Å²) in [6.07, 6.45) is 12.8. The molecule has 250 valence electrons. The molecule has 3 heteroatoms. The van der Waals surface area contributed by atoms with E-state index in [1.807, 2.05) is 11.8 Å². The Morgan fingerprint density at radius 1 is 0.596 bits per heavy atom. The molecule has 1 N–H and O–H groups in total. The molecule has 0 aromatic heterocycles. The minimum atomic E-state index is -0.322. The van der Waals surface area contributed by atoms with Gasteiger partial charge in [-0.25, -0.2) is 0 Å². The Labute approximate surface area is 314 Å². The van der Waals surface area contributed by atoms with Gasteiger partial charge in [0.1, 0.15) is 0 Å². The van der Waals surface area contributed by atoms with Crippen LogP contribution in [-0.2, 0) is 5.41 Å². The Hall–Kier alpha value is -5.22. The van der Waals surface area contributed by atoms with Gasteiger partial charge in [0.15, 0.2) is 0 Å². The first kappa shape index (κ1) is 31.5. The van der Waals surface area contributed by atoms with Crippen LogP contribution in [0.25, 0.3) is 27.8 Å². The molecule has 0 saturated heterocycles. The van der Waals surface area contributed by atoms with Crippen LogP contribution in [0.15, 0.2) is 202 Å². The number of rotatable bonds is 5. The maximum Gasteiger partial charge on any atom is 0.0671 e. The van der Waals surface area contributed by atoms with E-state index in [1.165, 1.54) is 64.8 Å². The lowest BCUT2D eigenvalue weighted by Crippen LogP contribution is -2.43. The highest BCUT2D eigenvalue weighted by Gasteiger charge is 2.52. The van der Waals surface area contributed by atoms with E-state index in [0.717, 1.165) is 30.6 Å². The third kappa shape index (κ3) is 5.26. The molecule has 2 unspecified atom stereocenters. The Balaban J connectivity index is 1.18. The summed E-state index contributed by atoms with van der Waals surface area (Å²) in [5, 5.41) is 4.17. The molecule has 1 spiro atoms. The first-order chi connectivity index (χ1) is 25.8. The van der Waals surface area contributed by atoms with Crippen LogP contribution < -0.4 is 5.32 Å². The molecule has 6 aromatic rings. The fourth-order valence-corrected chi connectivity index (χ4v) is 11.4. The largest absolute Gasteiger partial charge is 0.355 e. The smallest absolute Gasteiger partial charge is 0.0671 e. The van der Waals surface area contributed by atoms with Gasteiger partial charge in [0.05, 0.1) is 5.41 Å². The van der Waals surface area contributed by atoms with E-state index < -0.39 is 0 Å². The summed E-state index contributed by atoms with van der Waals surface area (Å²) in [6, 6.07) is 55.7. The van der Waals surface area contributed by atoms with E-state index in [0.29, 0.717) is 5.25 Å². The van der Waals surface area contributed by atoms with Gasteiger partial charge in [-0.3, -0.25) is 0 Å². The predicted octanol–water partition coefficient (Wildman–Crippen LogP) is 13.6. The van der Waals surface area contributed by atoms with Crippen molar-refractivity contribution in [3.8, 4) is 22.3 Å². The molecule has 2 aliphatic heterocycles. The minimum Gasteiger partial charge on any atom is -0.355 e. The van der Waals surface area contributed by atoms with E-state index >= 15 is 0 Å². The molecule has 2 heterocycles. The summed E-state index contributed by atoms with van der Waals surface area (Å²) in [4.78, 5) is 4.18. The summed E-state index contributed by atoms with van der Waals surface area (Å²) in [6.45, 7) is 0. The summed E-state index contributed by atoms with van der Waals surface area (Å²) in [5.74, 6) is 0. The first-order valence-corrected chi connectivity index (χ1v) is 19.9. The van der Waals surface area contributed by atoms with E-state index in [1.54, 1.807) is 5.57 Å². The molecule has 4 aliphatic rings. The number of nitrogens with one attached hydrogen (secondary N) is 1. The summed E-state index contributed by atoms with van der Waals surface area (Å²) in [7, 11) is 0. The van der Waals surface area contributed by atoms with Crippen molar-refractivity contribution in [3.05, 3.63) is 209 Å². The van der Waals surface area contributed by atoms with Gasteiger partial charge in [0, 0.05) is 36.9 Å². The van der Waals surface area contributed by atoms with Crippen LogP contribution in [0.2, 0.25) is 0 Å². The lowest BCUT2D eigenvalue weighted by Gasteiger charge is -2.51. The van der Waals surface area contributed by atoms with Crippen molar-refractivity contribution in [2.45, 2.75) is 39.7 Å². The number of allylic oxidation sites excluding steroid dienone is 6. The topological polar surface area (TPSA) is 12.0 Å². The van der Waals surface area contributed by atoms with Crippen molar-refractivity contribution in [1.82, 2.24) is 0 Å². The normalized spacial score (nSPS) is 19.9. The molecule has 0 saturated carbocycles. The van der Waals surface area contributed by atoms with Crippen molar-refractivity contribution >= 4 is 40.5 Å². The Kier molecular flexibility index (Phi) is 7.93. The average Bonchev–Trinajstić information content (AvgIpc) is 3.21. The number of fused-ring (bicyclic) bond motifs is 7. The number of anilines is 2. The van der Waals surface area contributed by atoms with Gasteiger partial charge < -0.3 is 5.32 Å². The fourth-order valence-electron chi connectivity index (χ4n) is 8.70. The molecular weight excluding hydrogens is 667 g/mol. The van der Waals surface area contributed by atoms with Crippen LogP contribution in [0, 0.1) is 0 Å². The molecule has 52 heavy (non-hydrogen) atoms. The van der Waals surface area contributed by atoms with Gasteiger partial charge in [-0.05, 0) is 112 Å². The van der Waals surface area contributed by atoms with Crippen LogP contribution in [0.4, 0.5) is 11.4 Å². The molecule has 2 aliphatic carbocycles. The molecule has 2 atom stereocenters. The van der Waals surface area contributed by atoms with Gasteiger partial charge in [0.2, 0.25) is 0 Å². The third-order valence-electron chi connectivity index (χ3n) is 11.0. The maximum atomic E-state index is 3.77. The SMILES string of the molecule is C1=CCC2Sc3ccccc3C3(C2=C1)C1=C(C=C(c2ccccc2)CC1)Sc1ccc(-c2ccc(-c4ccccc4)c(Nc4ccccc4)c2)cc13. The van der Waals surface area contributed by atoms with Crippen molar-refractivity contribution in [3.63, 3.8) is 0 Å². The van der Waals surface area contributed by atoms with Crippen LogP contribution in [-0.4, -0.2) is 5.25 Å². The van der Waals surface area contributed by atoms with Crippen LogP contribution >= 0.6 is 23.5 Å². The molecule has 10 rings (SSSR count). The Morgan fingerprint density at radius 3 is 2.13 bits per heavy atom. The zero-order valence-electron chi connectivity index (χ0n) is 28.8. The second kappa shape index (κ2) is 13.1. The highest BCUT2D eigenvalue weighted by Crippen LogP contribution is 2.65. The zero-order chi connectivity index (χ0) is 34.5.